The van der Waals surface area contributed by atoms with E-state index in [4.69, 9.17) is 10.8 Å². The van der Waals surface area contributed by atoms with Gasteiger partial charge in [0.05, 0.1) is 0 Å². The summed E-state index contributed by atoms with van der Waals surface area (Å²) in [6.07, 6.45) is 21.0. The molecule has 1 rings (SSSR count). The number of nitrogens with two attached hydrogens (primary N) is 1. The maximum absolute atomic E-state index is 10.3. The number of hydrogen-bond donors (Lipinski definition) is 2. The van der Waals surface area contributed by atoms with Gasteiger partial charge in [0.25, 0.3) is 0 Å². The Balaban J connectivity index is 0.000000568. The molecule has 0 unspecified atom stereocenters. The topological polar surface area (TPSA) is 63.3 Å². The van der Waals surface area contributed by atoms with Gasteiger partial charge in [0.1, 0.15) is 0 Å². The molecular formula is C20H41NO2. The summed E-state index contributed by atoms with van der Waals surface area (Å²) in [5.41, 5.74) is 5.63. The zero-order valence-corrected chi connectivity index (χ0v) is 15.5. The molecule has 0 atom stereocenters. The molecule has 0 aliphatic heterocycles. The third-order valence-corrected chi connectivity index (χ3v) is 4.64. The molecule has 0 aromatic heterocycles. The number of rotatable bonds is 12. The zero-order chi connectivity index (χ0) is 17.2. The lowest BCUT2D eigenvalue weighted by atomic mass is 9.97. The molecule has 0 aromatic carbocycles. The normalized spacial score (nSPS) is 15.0. The molecule has 0 radical (unpaired) electrons. The predicted octanol–water partition coefficient (Wildman–Crippen LogP) is 6.05. The Kier molecular flexibility index (Phi) is 17.3. The minimum Gasteiger partial charge on any atom is -0.481 e. The van der Waals surface area contributed by atoms with Crippen LogP contribution in [0, 0.1) is 0 Å². The van der Waals surface area contributed by atoms with Gasteiger partial charge in [-0.1, -0.05) is 90.4 Å². The Morgan fingerprint density at radius 3 is 1.61 bits per heavy atom. The highest BCUT2D eigenvalue weighted by Crippen LogP contribution is 2.14. The van der Waals surface area contributed by atoms with Gasteiger partial charge >= 0.3 is 5.97 Å². The van der Waals surface area contributed by atoms with Crippen molar-refractivity contribution in [2.45, 2.75) is 122 Å². The summed E-state index contributed by atoms with van der Waals surface area (Å²) in [5, 5.41) is 8.46. The van der Waals surface area contributed by atoms with Gasteiger partial charge in [-0.2, -0.15) is 0 Å². The van der Waals surface area contributed by atoms with Crippen molar-refractivity contribution in [1.82, 2.24) is 0 Å². The molecule has 1 aliphatic rings. The molecule has 0 aromatic rings. The van der Waals surface area contributed by atoms with Crippen LogP contribution in [0.1, 0.15) is 116 Å². The van der Waals surface area contributed by atoms with Gasteiger partial charge in [0, 0.05) is 12.5 Å². The van der Waals surface area contributed by atoms with Gasteiger partial charge in [0.2, 0.25) is 0 Å². The van der Waals surface area contributed by atoms with E-state index in [1.165, 1.54) is 89.9 Å². The van der Waals surface area contributed by atoms with E-state index in [9.17, 15) is 4.79 Å². The van der Waals surface area contributed by atoms with Crippen LogP contribution in [-0.4, -0.2) is 17.1 Å². The fourth-order valence-electron chi connectivity index (χ4n) is 3.07. The van der Waals surface area contributed by atoms with Gasteiger partial charge in [-0.3, -0.25) is 4.79 Å². The van der Waals surface area contributed by atoms with Gasteiger partial charge in [-0.05, 0) is 19.3 Å². The average Bonchev–Trinajstić information content (AvgIpc) is 2.54. The highest BCUT2D eigenvalue weighted by atomic mass is 16.4. The molecule has 0 heterocycles. The van der Waals surface area contributed by atoms with Crippen molar-refractivity contribution in [3.05, 3.63) is 0 Å². The van der Waals surface area contributed by atoms with Crippen LogP contribution in [0.4, 0.5) is 0 Å². The second kappa shape index (κ2) is 17.8. The maximum Gasteiger partial charge on any atom is 0.303 e. The summed E-state index contributed by atoms with van der Waals surface area (Å²) in [4.78, 5) is 10.3. The summed E-state index contributed by atoms with van der Waals surface area (Å²) < 4.78 is 0. The first-order valence-corrected chi connectivity index (χ1v) is 10.1. The Morgan fingerprint density at radius 2 is 1.26 bits per heavy atom. The minimum absolute atomic E-state index is 0.344. The van der Waals surface area contributed by atoms with Crippen molar-refractivity contribution < 1.29 is 9.90 Å². The second-order valence-electron chi connectivity index (χ2n) is 7.08. The summed E-state index contributed by atoms with van der Waals surface area (Å²) in [5.74, 6) is -0.657. The molecule has 0 spiro atoms. The van der Waals surface area contributed by atoms with Crippen LogP contribution in [0.25, 0.3) is 0 Å². The van der Waals surface area contributed by atoms with Gasteiger partial charge in [-0.15, -0.1) is 0 Å². The minimum atomic E-state index is -0.657. The number of carbonyl (C=O) groups is 1. The molecule has 0 amide bonds. The molecule has 0 saturated heterocycles. The van der Waals surface area contributed by atoms with Gasteiger partial charge in [0.15, 0.2) is 0 Å². The van der Waals surface area contributed by atoms with E-state index in [2.05, 4.69) is 6.92 Å². The first-order valence-electron chi connectivity index (χ1n) is 10.1. The van der Waals surface area contributed by atoms with Crippen molar-refractivity contribution in [3.63, 3.8) is 0 Å². The fraction of sp³-hybridized carbons (Fsp3) is 0.950. The summed E-state index contributed by atoms with van der Waals surface area (Å²) >= 11 is 0. The second-order valence-corrected chi connectivity index (χ2v) is 7.08. The number of unbranched alkanes of at least 4 members (excludes halogenated alkanes) is 10. The molecule has 3 heteroatoms. The molecule has 3 nitrogen and oxygen atoms in total. The quantitative estimate of drug-likeness (QED) is 0.429. The van der Waals surface area contributed by atoms with Crippen LogP contribution in [-0.2, 0) is 4.79 Å². The SMILES string of the molecule is CCCCCCCCCCCCCC(=O)O.NC1CCCCC1. The van der Waals surface area contributed by atoms with Crippen LogP contribution in [0.2, 0.25) is 0 Å². The number of carboxylic acids is 1. The number of carboxylic acid groups (broad SMARTS) is 1. The van der Waals surface area contributed by atoms with Crippen LogP contribution >= 0.6 is 0 Å². The maximum atomic E-state index is 10.3. The van der Waals surface area contributed by atoms with Gasteiger partial charge in [-0.25, -0.2) is 0 Å². The Bertz CT molecular complexity index is 250. The summed E-state index contributed by atoms with van der Waals surface area (Å²) in [6.45, 7) is 2.25. The first-order chi connectivity index (χ1) is 11.2. The monoisotopic (exact) mass is 327 g/mol. The van der Waals surface area contributed by atoms with E-state index in [1.54, 1.807) is 0 Å². The van der Waals surface area contributed by atoms with Crippen molar-refractivity contribution in [2.75, 3.05) is 0 Å². The molecule has 138 valence electrons. The van der Waals surface area contributed by atoms with Crippen LogP contribution in [0.5, 0.6) is 0 Å². The molecule has 1 saturated carbocycles. The largest absolute Gasteiger partial charge is 0.481 e. The lowest BCUT2D eigenvalue weighted by molar-refractivity contribution is -0.137. The van der Waals surface area contributed by atoms with E-state index >= 15 is 0 Å². The zero-order valence-electron chi connectivity index (χ0n) is 15.5. The van der Waals surface area contributed by atoms with E-state index < -0.39 is 5.97 Å². The van der Waals surface area contributed by atoms with Crippen molar-refractivity contribution in [2.24, 2.45) is 5.73 Å². The Hall–Kier alpha value is -0.570. The molecule has 1 aliphatic carbocycles. The molecule has 23 heavy (non-hydrogen) atoms. The smallest absolute Gasteiger partial charge is 0.303 e. The highest BCUT2D eigenvalue weighted by molar-refractivity contribution is 5.66. The molecule has 3 N–H and O–H groups in total. The molecule has 1 fully saturated rings. The number of aliphatic carboxylic acids is 1. The third-order valence-electron chi connectivity index (χ3n) is 4.64. The van der Waals surface area contributed by atoms with Crippen LogP contribution < -0.4 is 5.73 Å². The van der Waals surface area contributed by atoms with Gasteiger partial charge < -0.3 is 10.8 Å². The van der Waals surface area contributed by atoms with E-state index in [0.29, 0.717) is 12.5 Å². The average molecular weight is 328 g/mol. The molecule has 0 bridgehead atoms. The van der Waals surface area contributed by atoms with Crippen molar-refractivity contribution >= 4 is 5.97 Å². The first kappa shape index (κ1) is 22.4. The van der Waals surface area contributed by atoms with E-state index in [-0.39, 0.29) is 0 Å². The Morgan fingerprint density at radius 1 is 0.826 bits per heavy atom. The van der Waals surface area contributed by atoms with Crippen LogP contribution in [0.15, 0.2) is 0 Å². The fourth-order valence-corrected chi connectivity index (χ4v) is 3.07. The van der Waals surface area contributed by atoms with E-state index in [0.717, 1.165) is 12.8 Å². The lowest BCUT2D eigenvalue weighted by Crippen LogP contribution is -2.22. The van der Waals surface area contributed by atoms with Crippen LogP contribution in [0.3, 0.4) is 0 Å². The predicted molar refractivity (Wildman–Crippen MR) is 99.8 cm³/mol. The van der Waals surface area contributed by atoms with Crippen molar-refractivity contribution in [1.29, 1.82) is 0 Å². The standard InChI is InChI=1S/C14H28O2.C6H13N/c1-2-3-4-5-6-7-8-9-10-11-12-13-14(15)16;7-6-4-2-1-3-5-6/h2-13H2,1H3,(H,15,16);6H,1-5,7H2. The third kappa shape index (κ3) is 19.4. The highest BCUT2D eigenvalue weighted by Gasteiger charge is 2.06. The summed E-state index contributed by atoms with van der Waals surface area (Å²) in [7, 11) is 0. The Labute approximate surface area is 144 Å². The van der Waals surface area contributed by atoms with Crippen molar-refractivity contribution in [3.8, 4) is 0 Å². The summed E-state index contributed by atoms with van der Waals surface area (Å²) in [6, 6.07) is 0.536. The number of hydrogen-bond acceptors (Lipinski definition) is 2. The van der Waals surface area contributed by atoms with E-state index in [1.807, 2.05) is 0 Å². The lowest BCUT2D eigenvalue weighted by Gasteiger charge is -2.15. The molecular weight excluding hydrogens is 286 g/mol.